The summed E-state index contributed by atoms with van der Waals surface area (Å²) in [4.78, 5) is 15.7. The number of anilines is 1. The molecule has 1 aromatic heterocycles. The van der Waals surface area contributed by atoms with E-state index in [1.54, 1.807) is 6.07 Å². The predicted octanol–water partition coefficient (Wildman–Crippen LogP) is 3.96. The maximum atomic E-state index is 13.4. The lowest BCUT2D eigenvalue weighted by molar-refractivity contribution is -0.115. The van der Waals surface area contributed by atoms with Crippen LogP contribution in [0.1, 0.15) is 5.56 Å². The highest BCUT2D eigenvalue weighted by Gasteiger charge is 2.11. The maximum absolute atomic E-state index is 13.4. The van der Waals surface area contributed by atoms with Gasteiger partial charge >= 0.3 is 0 Å². The van der Waals surface area contributed by atoms with Crippen molar-refractivity contribution in [2.75, 3.05) is 5.32 Å². The van der Waals surface area contributed by atoms with Gasteiger partial charge in [-0.05, 0) is 33.6 Å². The monoisotopic (exact) mass is 360 g/mol. The van der Waals surface area contributed by atoms with Crippen molar-refractivity contribution in [1.29, 1.82) is 0 Å². The molecular formula is C13H8BrClF2N2O. The average Bonchev–Trinajstić information content (AvgIpc) is 2.37. The number of benzene rings is 1. The van der Waals surface area contributed by atoms with Crippen LogP contribution in [-0.4, -0.2) is 10.9 Å². The molecule has 0 aliphatic heterocycles. The van der Waals surface area contributed by atoms with E-state index in [2.05, 4.69) is 26.2 Å². The molecule has 1 heterocycles. The highest BCUT2D eigenvalue weighted by atomic mass is 79.9. The van der Waals surface area contributed by atoms with Gasteiger partial charge in [0.2, 0.25) is 5.91 Å². The third kappa shape index (κ3) is 3.74. The highest BCUT2D eigenvalue weighted by Crippen LogP contribution is 2.23. The molecule has 1 amide bonds. The second-order valence-corrected chi connectivity index (χ2v) is 5.23. The largest absolute Gasteiger partial charge is 0.323 e. The summed E-state index contributed by atoms with van der Waals surface area (Å²) in [5.74, 6) is -1.93. The van der Waals surface area contributed by atoms with Gasteiger partial charge in [0.15, 0.2) is 5.15 Å². The fourth-order valence-corrected chi connectivity index (χ4v) is 2.02. The Hall–Kier alpha value is -1.53. The number of nitrogens with one attached hydrogen (secondary N) is 1. The van der Waals surface area contributed by atoms with E-state index in [1.807, 2.05) is 0 Å². The first-order valence-electron chi connectivity index (χ1n) is 5.50. The normalized spacial score (nSPS) is 10.4. The second kappa shape index (κ2) is 6.28. The fraction of sp³-hybridized carbons (Fsp3) is 0.0769. The molecule has 0 fully saturated rings. The summed E-state index contributed by atoms with van der Waals surface area (Å²) in [6.45, 7) is 0. The zero-order valence-electron chi connectivity index (χ0n) is 9.96. The Bertz CT molecular complexity index is 667. The minimum Gasteiger partial charge on any atom is -0.323 e. The molecule has 104 valence electrons. The van der Waals surface area contributed by atoms with Gasteiger partial charge < -0.3 is 5.32 Å². The molecule has 0 aliphatic carbocycles. The summed E-state index contributed by atoms with van der Waals surface area (Å²) in [7, 11) is 0. The van der Waals surface area contributed by atoms with Crippen LogP contribution in [0.3, 0.4) is 0 Å². The third-order valence-electron chi connectivity index (χ3n) is 2.45. The summed E-state index contributed by atoms with van der Waals surface area (Å²) in [6.07, 6.45) is 1.26. The topological polar surface area (TPSA) is 42.0 Å². The number of carbonyl (C=O) groups excluding carboxylic acids is 1. The first-order chi connectivity index (χ1) is 9.45. The van der Waals surface area contributed by atoms with E-state index in [9.17, 15) is 13.6 Å². The lowest BCUT2D eigenvalue weighted by Crippen LogP contribution is -2.15. The van der Waals surface area contributed by atoms with E-state index < -0.39 is 17.5 Å². The maximum Gasteiger partial charge on any atom is 0.228 e. The van der Waals surface area contributed by atoms with Gasteiger partial charge in [-0.15, -0.1) is 0 Å². The Labute approximate surface area is 127 Å². The van der Waals surface area contributed by atoms with Crippen LogP contribution in [0.5, 0.6) is 0 Å². The molecule has 2 aromatic rings. The van der Waals surface area contributed by atoms with Gasteiger partial charge in [-0.3, -0.25) is 4.79 Å². The Morgan fingerprint density at radius 1 is 1.35 bits per heavy atom. The smallest absolute Gasteiger partial charge is 0.228 e. The molecule has 3 nitrogen and oxygen atoms in total. The summed E-state index contributed by atoms with van der Waals surface area (Å²) in [6, 6.07) is 4.63. The van der Waals surface area contributed by atoms with Crippen molar-refractivity contribution in [2.45, 2.75) is 6.42 Å². The zero-order valence-corrected chi connectivity index (χ0v) is 12.3. The molecular weight excluding hydrogens is 354 g/mol. The molecule has 0 saturated heterocycles. The number of carbonyl (C=O) groups is 1. The standard InChI is InChI=1S/C13H8BrClF2N2O/c14-8-4-11(13(15)18-6-8)19-12(20)3-7-1-2-9(16)5-10(7)17/h1-2,4-6H,3H2,(H,19,20). The van der Waals surface area contributed by atoms with Gasteiger partial charge in [0.25, 0.3) is 0 Å². The summed E-state index contributed by atoms with van der Waals surface area (Å²) in [5, 5.41) is 2.64. The lowest BCUT2D eigenvalue weighted by Gasteiger charge is -2.07. The van der Waals surface area contributed by atoms with E-state index in [1.165, 1.54) is 12.3 Å². The van der Waals surface area contributed by atoms with Gasteiger partial charge in [0.1, 0.15) is 11.6 Å². The van der Waals surface area contributed by atoms with E-state index in [4.69, 9.17) is 11.6 Å². The zero-order chi connectivity index (χ0) is 14.7. The Morgan fingerprint density at radius 3 is 2.80 bits per heavy atom. The number of hydrogen-bond acceptors (Lipinski definition) is 2. The third-order valence-corrected chi connectivity index (χ3v) is 3.18. The summed E-state index contributed by atoms with van der Waals surface area (Å²) in [5.41, 5.74) is 0.413. The van der Waals surface area contributed by atoms with Crippen LogP contribution in [0.25, 0.3) is 0 Å². The molecule has 0 atom stereocenters. The van der Waals surface area contributed by atoms with Crippen molar-refractivity contribution >= 4 is 39.1 Å². The molecule has 0 spiro atoms. The number of pyridine rings is 1. The first kappa shape index (κ1) is 14.9. The minimum atomic E-state index is -0.765. The molecule has 20 heavy (non-hydrogen) atoms. The van der Waals surface area contributed by atoms with Crippen molar-refractivity contribution in [3.63, 3.8) is 0 Å². The van der Waals surface area contributed by atoms with Crippen LogP contribution < -0.4 is 5.32 Å². The SMILES string of the molecule is O=C(Cc1ccc(F)cc1F)Nc1cc(Br)cnc1Cl. The molecule has 1 aromatic carbocycles. The minimum absolute atomic E-state index is 0.1000. The van der Waals surface area contributed by atoms with Crippen LogP contribution in [0.2, 0.25) is 5.15 Å². The van der Waals surface area contributed by atoms with E-state index in [0.717, 1.165) is 12.1 Å². The van der Waals surface area contributed by atoms with E-state index in [-0.39, 0.29) is 17.1 Å². The molecule has 7 heteroatoms. The predicted molar refractivity (Wildman–Crippen MR) is 75.6 cm³/mol. The van der Waals surface area contributed by atoms with Crippen LogP contribution in [0.15, 0.2) is 34.9 Å². The van der Waals surface area contributed by atoms with Crippen molar-refractivity contribution in [1.82, 2.24) is 4.98 Å². The molecule has 1 N–H and O–H groups in total. The van der Waals surface area contributed by atoms with Crippen molar-refractivity contribution in [3.8, 4) is 0 Å². The Morgan fingerprint density at radius 2 is 2.10 bits per heavy atom. The molecule has 0 aliphatic rings. The van der Waals surface area contributed by atoms with E-state index in [0.29, 0.717) is 10.2 Å². The number of hydrogen-bond donors (Lipinski definition) is 1. The molecule has 0 bridgehead atoms. The van der Waals surface area contributed by atoms with Gasteiger partial charge in [-0.2, -0.15) is 0 Å². The average molecular weight is 362 g/mol. The van der Waals surface area contributed by atoms with Crippen LogP contribution in [-0.2, 0) is 11.2 Å². The van der Waals surface area contributed by atoms with Crippen molar-refractivity contribution in [2.24, 2.45) is 0 Å². The number of amides is 1. The molecule has 0 saturated carbocycles. The van der Waals surface area contributed by atoms with Gasteiger partial charge in [-0.25, -0.2) is 13.8 Å². The Balaban J connectivity index is 2.11. The Kier molecular flexibility index (Phi) is 4.67. The summed E-state index contributed by atoms with van der Waals surface area (Å²) < 4.78 is 26.8. The lowest BCUT2D eigenvalue weighted by atomic mass is 10.1. The van der Waals surface area contributed by atoms with Crippen LogP contribution >= 0.6 is 27.5 Å². The van der Waals surface area contributed by atoms with Gasteiger partial charge in [-0.1, -0.05) is 17.7 Å². The number of aromatic nitrogens is 1. The molecule has 0 unspecified atom stereocenters. The van der Waals surface area contributed by atoms with Crippen molar-refractivity contribution < 1.29 is 13.6 Å². The number of nitrogens with zero attached hydrogens (tertiary/aromatic N) is 1. The number of halogens is 4. The first-order valence-corrected chi connectivity index (χ1v) is 6.67. The fourth-order valence-electron chi connectivity index (χ4n) is 1.54. The van der Waals surface area contributed by atoms with Gasteiger partial charge in [0, 0.05) is 16.7 Å². The van der Waals surface area contributed by atoms with Crippen LogP contribution in [0, 0.1) is 11.6 Å². The summed E-state index contributed by atoms with van der Waals surface area (Å²) >= 11 is 9.02. The molecule has 0 radical (unpaired) electrons. The van der Waals surface area contributed by atoms with Gasteiger partial charge in [0.05, 0.1) is 12.1 Å². The quantitative estimate of drug-likeness (QED) is 0.841. The second-order valence-electron chi connectivity index (χ2n) is 3.95. The van der Waals surface area contributed by atoms with Crippen LogP contribution in [0.4, 0.5) is 14.5 Å². The molecule has 2 rings (SSSR count). The highest BCUT2D eigenvalue weighted by molar-refractivity contribution is 9.10. The van der Waals surface area contributed by atoms with Crippen molar-refractivity contribution in [3.05, 3.63) is 57.3 Å². The number of rotatable bonds is 3. The van der Waals surface area contributed by atoms with E-state index >= 15 is 0 Å².